The van der Waals surface area contributed by atoms with Gasteiger partial charge in [-0.1, -0.05) is 32.0 Å². The van der Waals surface area contributed by atoms with Crippen molar-refractivity contribution in [3.8, 4) is 0 Å². The van der Waals surface area contributed by atoms with E-state index in [2.05, 4.69) is 17.1 Å². The van der Waals surface area contributed by atoms with Gasteiger partial charge in [0.1, 0.15) is 5.78 Å². The number of para-hydroxylation sites is 1. The van der Waals surface area contributed by atoms with Crippen LogP contribution in [-0.2, 0) is 11.2 Å². The fourth-order valence-electron chi connectivity index (χ4n) is 2.15. The summed E-state index contributed by atoms with van der Waals surface area (Å²) in [5.41, 5.74) is 3.26. The molecule has 18 heavy (non-hydrogen) atoms. The quantitative estimate of drug-likeness (QED) is 0.817. The number of hydrogen-bond acceptors (Lipinski definition) is 2. The van der Waals surface area contributed by atoms with E-state index in [1.54, 1.807) is 0 Å². The Morgan fingerprint density at radius 3 is 2.72 bits per heavy atom. The highest BCUT2D eigenvalue weighted by atomic mass is 16.1. The van der Waals surface area contributed by atoms with E-state index in [4.69, 9.17) is 0 Å². The molecule has 1 aromatic carbocycles. The molecule has 2 aromatic rings. The Morgan fingerprint density at radius 1 is 1.28 bits per heavy atom. The van der Waals surface area contributed by atoms with E-state index in [-0.39, 0.29) is 5.92 Å². The van der Waals surface area contributed by atoms with Crippen LogP contribution in [0.2, 0.25) is 0 Å². The average Bonchev–Trinajstić information content (AvgIpc) is 2.35. The summed E-state index contributed by atoms with van der Waals surface area (Å²) in [6.07, 6.45) is 1.42. The van der Waals surface area contributed by atoms with E-state index in [0.29, 0.717) is 12.2 Å². The third-order valence-corrected chi connectivity index (χ3v) is 3.21. The molecular weight excluding hydrogens is 222 g/mol. The van der Waals surface area contributed by atoms with Crippen LogP contribution in [0.5, 0.6) is 0 Å². The maximum atomic E-state index is 11.7. The highest BCUT2D eigenvalue weighted by Crippen LogP contribution is 2.20. The van der Waals surface area contributed by atoms with Gasteiger partial charge in [-0.25, -0.2) is 0 Å². The number of hydrogen-bond donors (Lipinski definition) is 0. The van der Waals surface area contributed by atoms with Gasteiger partial charge in [0.25, 0.3) is 0 Å². The van der Waals surface area contributed by atoms with Gasteiger partial charge in [-0.3, -0.25) is 9.78 Å². The normalized spacial score (nSPS) is 11.1. The molecule has 0 amide bonds. The lowest BCUT2D eigenvalue weighted by Crippen LogP contribution is -2.08. The molecule has 0 unspecified atom stereocenters. The molecule has 0 saturated heterocycles. The Labute approximate surface area is 108 Å². The van der Waals surface area contributed by atoms with Crippen LogP contribution in [0.3, 0.4) is 0 Å². The zero-order chi connectivity index (χ0) is 13.1. The minimum absolute atomic E-state index is 0.124. The molecule has 0 bridgehead atoms. The average molecular weight is 241 g/mol. The summed E-state index contributed by atoms with van der Waals surface area (Å²) < 4.78 is 0. The largest absolute Gasteiger partial charge is 0.299 e. The van der Waals surface area contributed by atoms with Gasteiger partial charge in [0, 0.05) is 23.4 Å². The zero-order valence-corrected chi connectivity index (χ0v) is 11.2. The predicted molar refractivity (Wildman–Crippen MR) is 74.6 cm³/mol. The van der Waals surface area contributed by atoms with Crippen LogP contribution in [0.1, 0.15) is 31.5 Å². The van der Waals surface area contributed by atoms with Crippen molar-refractivity contribution in [1.82, 2.24) is 4.98 Å². The third-order valence-electron chi connectivity index (χ3n) is 3.21. The maximum absolute atomic E-state index is 11.7. The lowest BCUT2D eigenvalue weighted by Gasteiger charge is -2.08. The number of benzene rings is 1. The van der Waals surface area contributed by atoms with Crippen LogP contribution in [-0.4, -0.2) is 10.8 Å². The van der Waals surface area contributed by atoms with Gasteiger partial charge in [-0.15, -0.1) is 0 Å². The Morgan fingerprint density at radius 2 is 2.00 bits per heavy atom. The lowest BCUT2D eigenvalue weighted by atomic mass is 9.98. The van der Waals surface area contributed by atoms with Crippen LogP contribution in [0.25, 0.3) is 10.9 Å². The topological polar surface area (TPSA) is 30.0 Å². The number of aryl methyl sites for hydroxylation is 2. The molecule has 0 atom stereocenters. The minimum Gasteiger partial charge on any atom is -0.299 e. The standard InChI is InChI=1S/C16H19NO/c1-11(2)16(18)9-8-13-10-12(3)17-15-7-5-4-6-14(13)15/h4-7,10-11H,8-9H2,1-3H3. The first-order valence-corrected chi connectivity index (χ1v) is 6.46. The van der Waals surface area contributed by atoms with Crippen molar-refractivity contribution >= 4 is 16.7 Å². The number of aromatic nitrogens is 1. The first-order valence-electron chi connectivity index (χ1n) is 6.46. The third kappa shape index (κ3) is 2.76. The van der Waals surface area contributed by atoms with Gasteiger partial charge in [-0.05, 0) is 31.0 Å². The number of nitrogens with zero attached hydrogens (tertiary/aromatic N) is 1. The molecule has 2 nitrogen and oxygen atoms in total. The molecule has 2 rings (SSSR count). The summed E-state index contributed by atoms with van der Waals surface area (Å²) in [7, 11) is 0. The fraction of sp³-hybridized carbons (Fsp3) is 0.375. The molecule has 0 fully saturated rings. The highest BCUT2D eigenvalue weighted by molar-refractivity contribution is 5.84. The highest BCUT2D eigenvalue weighted by Gasteiger charge is 2.09. The van der Waals surface area contributed by atoms with Crippen LogP contribution >= 0.6 is 0 Å². The number of rotatable bonds is 4. The molecule has 0 aliphatic rings. The van der Waals surface area contributed by atoms with E-state index < -0.39 is 0 Å². The number of Topliss-reactive ketones (excluding diaryl/α,β-unsaturated/α-hetero) is 1. The van der Waals surface area contributed by atoms with Gasteiger partial charge < -0.3 is 0 Å². The predicted octanol–water partition coefficient (Wildman–Crippen LogP) is 3.70. The number of carbonyl (C=O) groups is 1. The Balaban J connectivity index is 2.30. The SMILES string of the molecule is Cc1cc(CCC(=O)C(C)C)c2ccccc2n1. The first kappa shape index (κ1) is 12.7. The number of carbonyl (C=O) groups excluding carboxylic acids is 1. The lowest BCUT2D eigenvalue weighted by molar-refractivity contribution is -0.121. The number of ketones is 1. The van der Waals surface area contributed by atoms with Crippen molar-refractivity contribution in [2.75, 3.05) is 0 Å². The molecule has 0 saturated carbocycles. The molecule has 1 heterocycles. The van der Waals surface area contributed by atoms with E-state index in [0.717, 1.165) is 17.6 Å². The summed E-state index contributed by atoms with van der Waals surface area (Å²) in [5.74, 6) is 0.452. The Kier molecular flexibility index (Phi) is 3.75. The van der Waals surface area contributed by atoms with E-state index in [1.807, 2.05) is 39.0 Å². The summed E-state index contributed by atoms with van der Waals surface area (Å²) in [5, 5.41) is 1.17. The molecule has 0 N–H and O–H groups in total. The summed E-state index contributed by atoms with van der Waals surface area (Å²) in [6, 6.07) is 10.2. The van der Waals surface area contributed by atoms with Crippen LogP contribution in [0, 0.1) is 12.8 Å². The Bertz CT molecular complexity index is 572. The van der Waals surface area contributed by atoms with Gasteiger partial charge in [0.05, 0.1) is 5.52 Å². The summed E-state index contributed by atoms with van der Waals surface area (Å²) in [6.45, 7) is 5.91. The van der Waals surface area contributed by atoms with Gasteiger partial charge in [-0.2, -0.15) is 0 Å². The van der Waals surface area contributed by atoms with Crippen molar-refractivity contribution in [3.63, 3.8) is 0 Å². The van der Waals surface area contributed by atoms with E-state index in [9.17, 15) is 4.79 Å². The van der Waals surface area contributed by atoms with Crippen molar-refractivity contribution in [1.29, 1.82) is 0 Å². The molecule has 0 aliphatic heterocycles. The van der Waals surface area contributed by atoms with Crippen LogP contribution in [0.4, 0.5) is 0 Å². The van der Waals surface area contributed by atoms with Crippen molar-refractivity contribution in [2.24, 2.45) is 5.92 Å². The molecule has 0 radical (unpaired) electrons. The molecule has 0 spiro atoms. The summed E-state index contributed by atoms with van der Waals surface area (Å²) >= 11 is 0. The van der Waals surface area contributed by atoms with Gasteiger partial charge in [0.15, 0.2) is 0 Å². The number of fused-ring (bicyclic) bond motifs is 1. The second-order valence-electron chi connectivity index (χ2n) is 5.06. The Hall–Kier alpha value is -1.70. The van der Waals surface area contributed by atoms with E-state index >= 15 is 0 Å². The zero-order valence-electron chi connectivity index (χ0n) is 11.2. The minimum atomic E-state index is 0.124. The molecule has 0 aliphatic carbocycles. The summed E-state index contributed by atoms with van der Waals surface area (Å²) in [4.78, 5) is 16.2. The second kappa shape index (κ2) is 5.30. The molecule has 1 aromatic heterocycles. The second-order valence-corrected chi connectivity index (χ2v) is 5.06. The molecule has 2 heteroatoms. The van der Waals surface area contributed by atoms with E-state index in [1.165, 1.54) is 10.9 Å². The van der Waals surface area contributed by atoms with Crippen LogP contribution in [0.15, 0.2) is 30.3 Å². The smallest absolute Gasteiger partial charge is 0.135 e. The van der Waals surface area contributed by atoms with Crippen LogP contribution < -0.4 is 0 Å². The first-order chi connectivity index (χ1) is 8.58. The number of pyridine rings is 1. The van der Waals surface area contributed by atoms with Gasteiger partial charge >= 0.3 is 0 Å². The van der Waals surface area contributed by atoms with Crippen molar-refractivity contribution in [2.45, 2.75) is 33.6 Å². The molecule has 94 valence electrons. The fourth-order valence-corrected chi connectivity index (χ4v) is 2.15. The van der Waals surface area contributed by atoms with Crippen molar-refractivity contribution in [3.05, 3.63) is 41.6 Å². The molecular formula is C16H19NO. The monoisotopic (exact) mass is 241 g/mol. The maximum Gasteiger partial charge on any atom is 0.135 e. The van der Waals surface area contributed by atoms with Crippen molar-refractivity contribution < 1.29 is 4.79 Å². The van der Waals surface area contributed by atoms with Gasteiger partial charge in [0.2, 0.25) is 0 Å².